The molecule has 0 amide bonds. The normalized spacial score (nSPS) is 23.3. The number of hydrogen-bond donors (Lipinski definition) is 4. The van der Waals surface area contributed by atoms with Gasteiger partial charge in [0.2, 0.25) is 0 Å². The molecular formula is C13H22N4O2S. The average Bonchev–Trinajstić information content (AvgIpc) is 2.38. The molecule has 2 rings (SSSR count). The molecule has 20 heavy (non-hydrogen) atoms. The van der Waals surface area contributed by atoms with E-state index < -0.39 is 10.2 Å². The Morgan fingerprint density at radius 1 is 1.20 bits per heavy atom. The summed E-state index contributed by atoms with van der Waals surface area (Å²) in [5.41, 5.74) is 7.15. The van der Waals surface area contributed by atoms with E-state index in [0.29, 0.717) is 24.2 Å². The van der Waals surface area contributed by atoms with Gasteiger partial charge in [0.05, 0.1) is 5.69 Å². The maximum absolute atomic E-state index is 11.0. The van der Waals surface area contributed by atoms with Crippen LogP contribution in [0.5, 0.6) is 0 Å². The van der Waals surface area contributed by atoms with Crippen LogP contribution < -0.4 is 20.9 Å². The molecule has 1 fully saturated rings. The smallest absolute Gasteiger partial charge is 0.296 e. The lowest BCUT2D eigenvalue weighted by Crippen LogP contribution is -2.36. The second-order valence-electron chi connectivity index (χ2n) is 5.26. The van der Waals surface area contributed by atoms with Crippen LogP contribution in [0.25, 0.3) is 0 Å². The van der Waals surface area contributed by atoms with Crippen LogP contribution in [0.4, 0.5) is 11.4 Å². The zero-order chi connectivity index (χ0) is 14.6. The van der Waals surface area contributed by atoms with Crippen molar-refractivity contribution < 1.29 is 8.42 Å². The molecule has 7 heteroatoms. The molecule has 0 saturated heterocycles. The zero-order valence-electron chi connectivity index (χ0n) is 11.4. The summed E-state index contributed by atoms with van der Waals surface area (Å²) in [4.78, 5) is 0. The van der Waals surface area contributed by atoms with E-state index in [1.165, 1.54) is 12.8 Å². The van der Waals surface area contributed by atoms with Crippen LogP contribution in [-0.4, -0.2) is 21.0 Å². The van der Waals surface area contributed by atoms with Gasteiger partial charge in [0, 0.05) is 11.7 Å². The van der Waals surface area contributed by atoms with E-state index in [1.54, 1.807) is 18.2 Å². The minimum atomic E-state index is -3.74. The van der Waals surface area contributed by atoms with Gasteiger partial charge in [0.1, 0.15) is 0 Å². The van der Waals surface area contributed by atoms with Gasteiger partial charge >= 0.3 is 0 Å². The minimum absolute atomic E-state index is 0.346. The molecule has 0 radical (unpaired) electrons. The molecular weight excluding hydrogens is 276 g/mol. The Balaban J connectivity index is 2.07. The first-order valence-electron chi connectivity index (χ1n) is 6.85. The molecule has 1 saturated carbocycles. The molecule has 1 aliphatic carbocycles. The van der Waals surface area contributed by atoms with E-state index in [0.717, 1.165) is 18.5 Å². The molecule has 1 aliphatic rings. The SMILES string of the molecule is NCC1CCCCC1Nc1cccc(NS(N)(=O)=O)c1. The fourth-order valence-electron chi connectivity index (χ4n) is 2.73. The largest absolute Gasteiger partial charge is 0.382 e. The van der Waals surface area contributed by atoms with Crippen molar-refractivity contribution in [3.8, 4) is 0 Å². The van der Waals surface area contributed by atoms with Gasteiger partial charge in [0.15, 0.2) is 0 Å². The fourth-order valence-corrected chi connectivity index (χ4v) is 3.19. The van der Waals surface area contributed by atoms with Gasteiger partial charge in [-0.1, -0.05) is 18.9 Å². The summed E-state index contributed by atoms with van der Waals surface area (Å²) < 4.78 is 24.3. The van der Waals surface area contributed by atoms with Crippen LogP contribution in [-0.2, 0) is 10.2 Å². The predicted octanol–water partition coefficient (Wildman–Crippen LogP) is 1.23. The highest BCUT2D eigenvalue weighted by Crippen LogP contribution is 2.27. The molecule has 112 valence electrons. The highest BCUT2D eigenvalue weighted by molar-refractivity contribution is 7.90. The molecule has 0 heterocycles. The van der Waals surface area contributed by atoms with Crippen LogP contribution in [0.2, 0.25) is 0 Å². The van der Waals surface area contributed by atoms with Gasteiger partial charge in [-0.25, -0.2) is 5.14 Å². The summed E-state index contributed by atoms with van der Waals surface area (Å²) in [5.74, 6) is 0.471. The van der Waals surface area contributed by atoms with Crippen molar-refractivity contribution in [3.05, 3.63) is 24.3 Å². The third-order valence-electron chi connectivity index (χ3n) is 3.69. The van der Waals surface area contributed by atoms with Crippen molar-refractivity contribution in [3.63, 3.8) is 0 Å². The highest BCUT2D eigenvalue weighted by atomic mass is 32.2. The fraction of sp³-hybridized carbons (Fsp3) is 0.538. The summed E-state index contributed by atoms with van der Waals surface area (Å²) in [7, 11) is -3.74. The lowest BCUT2D eigenvalue weighted by atomic mass is 9.84. The second-order valence-corrected chi connectivity index (χ2v) is 6.55. The Hall–Kier alpha value is -1.31. The zero-order valence-corrected chi connectivity index (χ0v) is 12.2. The van der Waals surface area contributed by atoms with E-state index >= 15 is 0 Å². The molecule has 0 bridgehead atoms. The lowest BCUT2D eigenvalue weighted by molar-refractivity contribution is 0.332. The standard InChI is InChI=1S/C13H22N4O2S/c14-9-10-4-1-2-7-13(10)16-11-5-3-6-12(8-11)17-20(15,18)19/h3,5-6,8,10,13,16-17H,1-2,4,7,9,14H2,(H2,15,18,19). The van der Waals surface area contributed by atoms with Gasteiger partial charge in [-0.2, -0.15) is 8.42 Å². The Morgan fingerprint density at radius 3 is 2.60 bits per heavy atom. The number of rotatable bonds is 5. The van der Waals surface area contributed by atoms with Crippen molar-refractivity contribution >= 4 is 21.6 Å². The maximum Gasteiger partial charge on any atom is 0.296 e. The molecule has 1 aromatic carbocycles. The van der Waals surface area contributed by atoms with Crippen LogP contribution in [0, 0.1) is 5.92 Å². The van der Waals surface area contributed by atoms with E-state index in [1.807, 2.05) is 6.07 Å². The molecule has 6 nitrogen and oxygen atoms in total. The first-order valence-corrected chi connectivity index (χ1v) is 8.40. The maximum atomic E-state index is 11.0. The average molecular weight is 298 g/mol. The van der Waals surface area contributed by atoms with Crippen molar-refractivity contribution in [1.29, 1.82) is 0 Å². The van der Waals surface area contributed by atoms with E-state index in [2.05, 4.69) is 10.0 Å². The van der Waals surface area contributed by atoms with Crippen LogP contribution in [0.1, 0.15) is 25.7 Å². The van der Waals surface area contributed by atoms with E-state index in [9.17, 15) is 8.42 Å². The van der Waals surface area contributed by atoms with Gasteiger partial charge in [-0.15, -0.1) is 0 Å². The minimum Gasteiger partial charge on any atom is -0.382 e. The van der Waals surface area contributed by atoms with E-state index in [-0.39, 0.29) is 0 Å². The third-order valence-corrected chi connectivity index (χ3v) is 4.21. The second kappa shape index (κ2) is 6.43. The molecule has 2 unspecified atom stereocenters. The quantitative estimate of drug-likeness (QED) is 0.655. The summed E-state index contributed by atoms with van der Waals surface area (Å²) in [5, 5.41) is 8.42. The van der Waals surface area contributed by atoms with Crippen molar-refractivity contribution in [2.75, 3.05) is 16.6 Å². The molecule has 2 atom stereocenters. The van der Waals surface area contributed by atoms with Gasteiger partial charge < -0.3 is 11.1 Å². The summed E-state index contributed by atoms with van der Waals surface area (Å²) >= 11 is 0. The van der Waals surface area contributed by atoms with Crippen molar-refractivity contribution in [2.24, 2.45) is 16.8 Å². The topological polar surface area (TPSA) is 110 Å². The number of anilines is 2. The van der Waals surface area contributed by atoms with Crippen LogP contribution in [0.15, 0.2) is 24.3 Å². The summed E-state index contributed by atoms with van der Waals surface area (Å²) in [6.45, 7) is 0.673. The summed E-state index contributed by atoms with van der Waals surface area (Å²) in [6.07, 6.45) is 4.66. The Morgan fingerprint density at radius 2 is 1.90 bits per heavy atom. The summed E-state index contributed by atoms with van der Waals surface area (Å²) in [6, 6.07) is 7.45. The highest BCUT2D eigenvalue weighted by Gasteiger charge is 2.23. The van der Waals surface area contributed by atoms with Crippen LogP contribution >= 0.6 is 0 Å². The lowest BCUT2D eigenvalue weighted by Gasteiger charge is -2.32. The first kappa shape index (κ1) is 15.1. The van der Waals surface area contributed by atoms with Gasteiger partial charge in [-0.05, 0) is 43.5 Å². The number of benzene rings is 1. The Kier molecular flexibility index (Phi) is 4.85. The number of hydrogen-bond acceptors (Lipinski definition) is 4. The molecule has 0 aromatic heterocycles. The molecule has 0 spiro atoms. The van der Waals surface area contributed by atoms with Crippen molar-refractivity contribution in [1.82, 2.24) is 0 Å². The van der Waals surface area contributed by atoms with Gasteiger partial charge in [0.25, 0.3) is 10.2 Å². The number of nitrogens with two attached hydrogens (primary N) is 2. The monoisotopic (exact) mass is 298 g/mol. The first-order chi connectivity index (χ1) is 9.48. The number of nitrogens with one attached hydrogen (secondary N) is 2. The molecule has 1 aromatic rings. The van der Waals surface area contributed by atoms with E-state index in [4.69, 9.17) is 10.9 Å². The predicted molar refractivity (Wildman–Crippen MR) is 81.6 cm³/mol. The Labute approximate surface area is 120 Å². The van der Waals surface area contributed by atoms with Crippen molar-refractivity contribution in [2.45, 2.75) is 31.7 Å². The molecule has 6 N–H and O–H groups in total. The Bertz CT molecular complexity index is 547. The molecule has 0 aliphatic heterocycles. The van der Waals surface area contributed by atoms with Crippen LogP contribution in [0.3, 0.4) is 0 Å². The van der Waals surface area contributed by atoms with Gasteiger partial charge in [-0.3, -0.25) is 4.72 Å². The third kappa shape index (κ3) is 4.36.